The van der Waals surface area contributed by atoms with Gasteiger partial charge in [0.2, 0.25) is 5.91 Å². The number of benzene rings is 2. The van der Waals surface area contributed by atoms with Gasteiger partial charge in [-0.15, -0.1) is 0 Å². The van der Waals surface area contributed by atoms with Gasteiger partial charge in [0, 0.05) is 18.0 Å². The fourth-order valence-electron chi connectivity index (χ4n) is 7.13. The molecule has 6 nitrogen and oxygen atoms in total. The number of carbonyl (C=O) groups is 2. The third-order valence-corrected chi connectivity index (χ3v) is 11.9. The third kappa shape index (κ3) is 4.71. The molecule has 2 aromatic rings. The lowest BCUT2D eigenvalue weighted by Gasteiger charge is -2.44. The summed E-state index contributed by atoms with van der Waals surface area (Å²) in [6, 6.07) is 7.76. The molecule has 0 bridgehead atoms. The number of sulfone groups is 1. The van der Waals surface area contributed by atoms with Crippen LogP contribution in [0.25, 0.3) is 0 Å². The van der Waals surface area contributed by atoms with Gasteiger partial charge in [-0.3, -0.25) is 9.59 Å². The third-order valence-electron chi connectivity index (χ3n) is 9.31. The summed E-state index contributed by atoms with van der Waals surface area (Å²) in [7, 11) is -4.41. The first-order valence-corrected chi connectivity index (χ1v) is 15.2. The zero-order chi connectivity index (χ0) is 31.6. The van der Waals surface area contributed by atoms with Crippen LogP contribution in [0.2, 0.25) is 0 Å². The normalized spacial score (nSPS) is 26.5. The van der Waals surface area contributed by atoms with Crippen LogP contribution in [0.1, 0.15) is 55.2 Å². The van der Waals surface area contributed by atoms with Gasteiger partial charge in [-0.25, -0.2) is 12.8 Å². The van der Waals surface area contributed by atoms with Crippen molar-refractivity contribution in [1.29, 1.82) is 0 Å². The second-order valence-electron chi connectivity index (χ2n) is 11.5. The predicted octanol–water partition coefficient (Wildman–Crippen LogP) is 6.08. The standard InChI is InChI=1S/C29H28F7NO5S/c30-27(28(31,32)33,29(34,35)36)20-11-12-22-19(16-20)10-13-23-26(22,43(41,42)21-4-2-1-3-5-21)14-15-37(23)24(38)17-6-8-18(9-7-17)25(39)40/h1-5,11-12,16-18,23H,6-10,13-15H2,(H,39,40)/t17?,18?,23-,26-/m0/s1. The first-order chi connectivity index (χ1) is 20.0. The average Bonchev–Trinajstić information content (AvgIpc) is 3.37. The highest BCUT2D eigenvalue weighted by atomic mass is 32.2. The SMILES string of the molecule is O=C(O)C1CCC(C(=O)N2CC[C@]3(S(=O)(=O)c4ccccc4)c4ccc(C(F)(C(F)(F)F)C(F)(F)F)cc4CC[C@H]23)CC1. The first kappa shape index (κ1) is 31.3. The smallest absolute Gasteiger partial charge is 0.435 e. The van der Waals surface area contributed by atoms with Crippen LogP contribution in [-0.2, 0) is 36.3 Å². The van der Waals surface area contributed by atoms with Crippen molar-refractivity contribution in [2.75, 3.05) is 6.54 Å². The number of aryl methyl sites for hydroxylation is 1. The Labute approximate surface area is 242 Å². The monoisotopic (exact) mass is 635 g/mol. The van der Waals surface area contributed by atoms with Gasteiger partial charge in [0.1, 0.15) is 4.75 Å². The number of carboxylic acid groups (broad SMARTS) is 1. The molecule has 43 heavy (non-hydrogen) atoms. The van der Waals surface area contributed by atoms with Gasteiger partial charge in [0.25, 0.3) is 0 Å². The Balaban J connectivity index is 1.61. The highest BCUT2D eigenvalue weighted by molar-refractivity contribution is 7.92. The molecular formula is C29H28F7NO5S. The minimum Gasteiger partial charge on any atom is -0.481 e. The van der Waals surface area contributed by atoms with Crippen molar-refractivity contribution in [3.05, 3.63) is 65.2 Å². The van der Waals surface area contributed by atoms with Crippen LogP contribution in [0.4, 0.5) is 30.7 Å². The maximum Gasteiger partial charge on any atom is 0.435 e. The van der Waals surface area contributed by atoms with E-state index >= 15 is 0 Å². The number of hydrogen-bond donors (Lipinski definition) is 1. The number of alkyl halides is 7. The van der Waals surface area contributed by atoms with Crippen molar-refractivity contribution >= 4 is 21.7 Å². The Hall–Kier alpha value is -3.16. The average molecular weight is 636 g/mol. The molecule has 234 valence electrons. The van der Waals surface area contributed by atoms with Crippen LogP contribution in [0.3, 0.4) is 0 Å². The summed E-state index contributed by atoms with van der Waals surface area (Å²) in [5.41, 5.74) is -7.60. The van der Waals surface area contributed by atoms with Gasteiger partial charge >= 0.3 is 24.0 Å². The highest BCUT2D eigenvalue weighted by Crippen LogP contribution is 2.57. The van der Waals surface area contributed by atoms with Crippen LogP contribution in [0.15, 0.2) is 53.4 Å². The number of amides is 1. The molecule has 2 aromatic carbocycles. The summed E-state index contributed by atoms with van der Waals surface area (Å²) in [5.74, 6) is -2.47. The molecule has 0 aromatic heterocycles. The number of carbonyl (C=O) groups excluding carboxylic acids is 1. The van der Waals surface area contributed by atoms with Gasteiger partial charge in [-0.1, -0.05) is 36.4 Å². The van der Waals surface area contributed by atoms with Crippen LogP contribution in [0.5, 0.6) is 0 Å². The Morgan fingerprint density at radius 3 is 1.98 bits per heavy atom. The number of halogens is 7. The van der Waals surface area contributed by atoms with Crippen molar-refractivity contribution < 1.29 is 53.8 Å². The summed E-state index contributed by atoms with van der Waals surface area (Å²) in [4.78, 5) is 26.4. The number of rotatable bonds is 5. The van der Waals surface area contributed by atoms with Gasteiger partial charge in [-0.05, 0) is 68.2 Å². The van der Waals surface area contributed by atoms with Gasteiger partial charge in [0.05, 0.1) is 16.9 Å². The second kappa shape index (κ2) is 10.5. The van der Waals surface area contributed by atoms with E-state index in [9.17, 15) is 53.8 Å². The zero-order valence-corrected chi connectivity index (χ0v) is 23.4. The first-order valence-electron chi connectivity index (χ1n) is 13.8. The predicted molar refractivity (Wildman–Crippen MR) is 138 cm³/mol. The van der Waals surface area contributed by atoms with Crippen molar-refractivity contribution in [3.8, 4) is 0 Å². The molecule has 3 aliphatic rings. The van der Waals surface area contributed by atoms with E-state index in [1.165, 1.54) is 29.2 Å². The molecule has 2 atom stereocenters. The van der Waals surface area contributed by atoms with Crippen molar-refractivity contribution in [2.24, 2.45) is 11.8 Å². The quantitative estimate of drug-likeness (QED) is 0.402. The van der Waals surface area contributed by atoms with Crippen molar-refractivity contribution in [3.63, 3.8) is 0 Å². The van der Waals surface area contributed by atoms with Crippen LogP contribution < -0.4 is 0 Å². The van der Waals surface area contributed by atoms with Gasteiger partial charge < -0.3 is 10.0 Å². The number of carboxylic acids is 1. The fraction of sp³-hybridized carbons (Fsp3) is 0.517. The van der Waals surface area contributed by atoms with Crippen LogP contribution in [-0.4, -0.2) is 55.2 Å². The maximum absolute atomic E-state index is 15.0. The number of likely N-dealkylation sites (tertiary alicyclic amines) is 1. The lowest BCUT2D eigenvalue weighted by molar-refractivity contribution is -0.348. The van der Waals surface area contributed by atoms with Crippen molar-refractivity contribution in [2.45, 2.75) is 78.7 Å². The van der Waals surface area contributed by atoms with Crippen LogP contribution >= 0.6 is 0 Å². The van der Waals surface area contributed by atoms with E-state index in [1.54, 1.807) is 6.07 Å². The Kier molecular flexibility index (Phi) is 7.62. The molecule has 0 radical (unpaired) electrons. The minimum atomic E-state index is -6.33. The molecule has 1 amide bonds. The summed E-state index contributed by atoms with van der Waals surface area (Å²) in [6.45, 7) is -0.0479. The number of nitrogens with zero attached hydrogens (tertiary/aromatic N) is 1. The lowest BCUT2D eigenvalue weighted by atomic mass is 9.76. The van der Waals surface area contributed by atoms with Gasteiger partial charge in [0.15, 0.2) is 9.84 Å². The number of hydrogen-bond acceptors (Lipinski definition) is 4. The Morgan fingerprint density at radius 2 is 1.42 bits per heavy atom. The maximum atomic E-state index is 15.0. The van der Waals surface area contributed by atoms with Crippen molar-refractivity contribution in [1.82, 2.24) is 4.90 Å². The van der Waals surface area contributed by atoms with Crippen LogP contribution in [0, 0.1) is 11.8 Å². The second-order valence-corrected chi connectivity index (χ2v) is 13.7. The molecule has 1 saturated carbocycles. The molecule has 1 N–H and O–H groups in total. The molecule has 1 aliphatic heterocycles. The summed E-state index contributed by atoms with van der Waals surface area (Å²) < 4.78 is 123. The van der Waals surface area contributed by atoms with E-state index in [2.05, 4.69) is 0 Å². The molecule has 0 spiro atoms. The molecule has 2 aliphatic carbocycles. The molecule has 1 saturated heterocycles. The summed E-state index contributed by atoms with van der Waals surface area (Å²) in [5, 5.41) is 9.30. The Bertz CT molecular complexity index is 1500. The van der Waals surface area contributed by atoms with E-state index in [-0.39, 0.29) is 73.4 Å². The number of fused-ring (bicyclic) bond motifs is 3. The molecule has 5 rings (SSSR count). The summed E-state index contributed by atoms with van der Waals surface area (Å²) >= 11 is 0. The molecule has 1 heterocycles. The van der Waals surface area contributed by atoms with E-state index in [0.717, 1.165) is 6.07 Å². The topological polar surface area (TPSA) is 91.8 Å². The Morgan fingerprint density at radius 1 is 0.837 bits per heavy atom. The summed E-state index contributed by atoms with van der Waals surface area (Å²) in [6.07, 6.45) is -12.0. The molecule has 2 fully saturated rings. The van der Waals surface area contributed by atoms with E-state index in [0.29, 0.717) is 12.1 Å². The molecular weight excluding hydrogens is 607 g/mol. The molecule has 14 heteroatoms. The largest absolute Gasteiger partial charge is 0.481 e. The zero-order valence-electron chi connectivity index (χ0n) is 22.6. The van der Waals surface area contributed by atoms with E-state index in [4.69, 9.17) is 0 Å². The van der Waals surface area contributed by atoms with E-state index < -0.39 is 62.0 Å². The van der Waals surface area contributed by atoms with Gasteiger partial charge in [-0.2, -0.15) is 26.3 Å². The fourth-order valence-corrected chi connectivity index (χ4v) is 9.51. The van der Waals surface area contributed by atoms with E-state index in [1.807, 2.05) is 0 Å². The highest BCUT2D eigenvalue weighted by Gasteiger charge is 2.74. The minimum absolute atomic E-state index is 0.0479. The number of aliphatic carboxylic acids is 1. The molecule has 0 unspecified atom stereocenters. The lowest BCUT2D eigenvalue weighted by Crippen LogP contribution is -2.53.